The Kier molecular flexibility index (Phi) is 1.49. The minimum atomic E-state index is 0.545. The van der Waals surface area contributed by atoms with Crippen LogP contribution in [0.1, 0.15) is 13.8 Å². The Bertz CT molecular complexity index is 122. The summed E-state index contributed by atoms with van der Waals surface area (Å²) in [6.07, 6.45) is 2.25. The molecule has 1 aliphatic heterocycles. The summed E-state index contributed by atoms with van der Waals surface area (Å²) in [6, 6.07) is 0. The Balaban J connectivity index is 2.69. The van der Waals surface area contributed by atoms with Crippen molar-refractivity contribution >= 4 is 20.1 Å². The van der Waals surface area contributed by atoms with E-state index in [0.29, 0.717) is 15.3 Å². The molecular weight excluding hydrogens is 147 g/mol. The minimum absolute atomic E-state index is 0.545. The molecule has 0 spiro atoms. The van der Waals surface area contributed by atoms with Crippen molar-refractivity contribution in [3.05, 3.63) is 11.6 Å². The van der Waals surface area contributed by atoms with Gasteiger partial charge < -0.3 is 0 Å². The molecule has 0 saturated carbocycles. The van der Waals surface area contributed by atoms with Gasteiger partial charge in [0, 0.05) is 0 Å². The van der Waals surface area contributed by atoms with Gasteiger partial charge in [0.2, 0.25) is 0 Å². The third-order valence-electron chi connectivity index (χ3n) is 1.31. The molecule has 1 rings (SSSR count). The summed E-state index contributed by atoms with van der Waals surface area (Å²) in [5.41, 5.74) is 1.57. The molecule has 0 aliphatic carbocycles. The van der Waals surface area contributed by atoms with Crippen molar-refractivity contribution in [1.82, 2.24) is 0 Å². The van der Waals surface area contributed by atoms with Crippen LogP contribution in [0.3, 0.4) is 0 Å². The zero-order valence-electron chi connectivity index (χ0n) is 4.68. The molecule has 0 nitrogen and oxygen atoms in total. The second kappa shape index (κ2) is 1.96. The van der Waals surface area contributed by atoms with Gasteiger partial charge in [0.05, 0.1) is 0 Å². The molecule has 38 valence electrons. The zero-order valence-corrected chi connectivity index (χ0v) is 6.56. The van der Waals surface area contributed by atoms with Crippen LogP contribution in [0.4, 0.5) is 0 Å². The van der Waals surface area contributed by atoms with Gasteiger partial charge in [0.1, 0.15) is 0 Å². The van der Waals surface area contributed by atoms with Crippen LogP contribution in [0, 0.1) is 0 Å². The molecule has 0 fully saturated rings. The SMILES string of the molecule is CC1=CC=[As]C1C. The van der Waals surface area contributed by atoms with Crippen LogP contribution < -0.4 is 0 Å². The van der Waals surface area contributed by atoms with Gasteiger partial charge >= 0.3 is 50.3 Å². The molecule has 0 aromatic heterocycles. The van der Waals surface area contributed by atoms with E-state index in [0.717, 1.165) is 4.71 Å². The quantitative estimate of drug-likeness (QED) is 0.463. The van der Waals surface area contributed by atoms with Gasteiger partial charge in [0.25, 0.3) is 0 Å². The fourth-order valence-electron chi connectivity index (χ4n) is 0.547. The molecule has 1 unspecified atom stereocenters. The van der Waals surface area contributed by atoms with E-state index in [4.69, 9.17) is 0 Å². The molecule has 0 N–H and O–H groups in total. The number of allylic oxidation sites excluding steroid dienone is 2. The van der Waals surface area contributed by atoms with E-state index in [2.05, 4.69) is 24.7 Å². The topological polar surface area (TPSA) is 0 Å². The molecule has 0 amide bonds. The molecule has 0 aromatic rings. The van der Waals surface area contributed by atoms with Crippen LogP contribution >= 0.6 is 0 Å². The van der Waals surface area contributed by atoms with Crippen molar-refractivity contribution in [2.45, 2.75) is 18.6 Å². The number of hydrogen-bond donors (Lipinski definition) is 0. The fourth-order valence-corrected chi connectivity index (χ4v) is 2.44. The van der Waals surface area contributed by atoms with Crippen LogP contribution in [0.5, 0.6) is 0 Å². The molecule has 1 aliphatic rings. The first-order chi connectivity index (χ1) is 3.30. The first-order valence-corrected chi connectivity index (χ1v) is 4.67. The van der Waals surface area contributed by atoms with Crippen molar-refractivity contribution in [3.63, 3.8) is 0 Å². The number of hydrogen-bond acceptors (Lipinski definition) is 0. The average Bonchev–Trinajstić information content (AvgIpc) is 1.91. The van der Waals surface area contributed by atoms with Gasteiger partial charge in [-0.15, -0.1) is 0 Å². The Labute approximate surface area is 50.8 Å². The van der Waals surface area contributed by atoms with E-state index >= 15 is 0 Å². The average molecular weight is 156 g/mol. The summed E-state index contributed by atoms with van der Waals surface area (Å²) in [7, 11) is 0. The normalized spacial score (nSPS) is 30.6. The van der Waals surface area contributed by atoms with Crippen LogP contribution in [0.15, 0.2) is 11.6 Å². The first-order valence-electron chi connectivity index (χ1n) is 2.50. The van der Waals surface area contributed by atoms with E-state index in [1.165, 1.54) is 0 Å². The molecule has 1 heteroatoms. The summed E-state index contributed by atoms with van der Waals surface area (Å²) in [6.45, 7) is 4.51. The molecule has 0 radical (unpaired) electrons. The molecule has 7 heavy (non-hydrogen) atoms. The Morgan fingerprint density at radius 3 is 2.57 bits per heavy atom. The Hall–Kier alpha value is 0.168. The molecular formula is C6H9As. The Morgan fingerprint density at radius 1 is 1.71 bits per heavy atom. The van der Waals surface area contributed by atoms with Gasteiger partial charge in [-0.05, 0) is 0 Å². The summed E-state index contributed by atoms with van der Waals surface area (Å²) >= 11 is 0.545. The van der Waals surface area contributed by atoms with Gasteiger partial charge in [-0.3, -0.25) is 0 Å². The van der Waals surface area contributed by atoms with E-state index in [-0.39, 0.29) is 0 Å². The van der Waals surface area contributed by atoms with Crippen molar-refractivity contribution in [2.75, 3.05) is 0 Å². The van der Waals surface area contributed by atoms with Crippen molar-refractivity contribution in [2.24, 2.45) is 0 Å². The fraction of sp³-hybridized carbons (Fsp3) is 0.500. The van der Waals surface area contributed by atoms with Gasteiger partial charge in [-0.1, -0.05) is 0 Å². The maximum absolute atomic E-state index is 2.33. The van der Waals surface area contributed by atoms with Crippen LogP contribution in [-0.2, 0) is 0 Å². The third-order valence-corrected chi connectivity index (χ3v) is 3.77. The van der Waals surface area contributed by atoms with E-state index in [1.54, 1.807) is 5.57 Å². The monoisotopic (exact) mass is 156 g/mol. The predicted molar refractivity (Wildman–Crippen MR) is 35.0 cm³/mol. The molecule has 1 heterocycles. The second-order valence-electron chi connectivity index (χ2n) is 1.88. The summed E-state index contributed by atoms with van der Waals surface area (Å²) in [5.74, 6) is 0. The maximum atomic E-state index is 2.33. The van der Waals surface area contributed by atoms with Gasteiger partial charge in [-0.25, -0.2) is 0 Å². The van der Waals surface area contributed by atoms with Crippen LogP contribution in [0.25, 0.3) is 0 Å². The molecule has 0 bridgehead atoms. The molecule has 1 atom stereocenters. The van der Waals surface area contributed by atoms with Crippen molar-refractivity contribution in [3.8, 4) is 0 Å². The first kappa shape index (κ1) is 5.31. The summed E-state index contributed by atoms with van der Waals surface area (Å²) in [4.78, 5) is 2.33. The van der Waals surface area contributed by atoms with E-state index in [1.807, 2.05) is 0 Å². The molecule has 0 aromatic carbocycles. The van der Waals surface area contributed by atoms with E-state index < -0.39 is 0 Å². The summed E-state index contributed by atoms with van der Waals surface area (Å²) in [5, 5.41) is 0. The van der Waals surface area contributed by atoms with Gasteiger partial charge in [0.15, 0.2) is 0 Å². The zero-order chi connectivity index (χ0) is 5.28. The van der Waals surface area contributed by atoms with Gasteiger partial charge in [-0.2, -0.15) is 0 Å². The van der Waals surface area contributed by atoms with Crippen molar-refractivity contribution in [1.29, 1.82) is 0 Å². The molecule has 0 saturated heterocycles. The standard InChI is InChI=1S/C6H9As/c1-5-3-4-7-6(5)2/h3-4,6H,1-2H3. The predicted octanol–water partition coefficient (Wildman–Crippen LogP) is 1.26. The second-order valence-corrected chi connectivity index (χ2v) is 4.76. The van der Waals surface area contributed by atoms with Crippen LogP contribution in [-0.4, -0.2) is 20.1 Å². The third kappa shape index (κ3) is 1.04. The Morgan fingerprint density at radius 2 is 2.43 bits per heavy atom. The van der Waals surface area contributed by atoms with Crippen molar-refractivity contribution < 1.29 is 0 Å². The summed E-state index contributed by atoms with van der Waals surface area (Å²) < 4.78 is 0.913. The van der Waals surface area contributed by atoms with E-state index in [9.17, 15) is 0 Å². The van der Waals surface area contributed by atoms with Crippen LogP contribution in [0.2, 0.25) is 4.71 Å². The number of rotatable bonds is 0.